The monoisotopic (exact) mass is 213 g/mol. The lowest BCUT2D eigenvalue weighted by molar-refractivity contribution is 0.177. The van der Waals surface area contributed by atoms with Gasteiger partial charge in [-0.25, -0.2) is 0 Å². The van der Waals surface area contributed by atoms with Crippen molar-refractivity contribution in [2.75, 3.05) is 20.6 Å². The van der Waals surface area contributed by atoms with Crippen molar-refractivity contribution in [3.8, 4) is 0 Å². The van der Waals surface area contributed by atoms with Crippen molar-refractivity contribution in [1.29, 1.82) is 0 Å². The minimum absolute atomic E-state index is 0.634. The van der Waals surface area contributed by atoms with Crippen LogP contribution in [0.2, 0.25) is 0 Å². The molecule has 92 valence electrons. The second kappa shape index (κ2) is 8.15. The summed E-state index contributed by atoms with van der Waals surface area (Å²) >= 11 is 0. The van der Waals surface area contributed by atoms with Crippen LogP contribution in [0.4, 0.5) is 0 Å². The van der Waals surface area contributed by atoms with E-state index >= 15 is 0 Å². The summed E-state index contributed by atoms with van der Waals surface area (Å²) in [5, 5.41) is 0. The Bertz CT molecular complexity index is 142. The molecular formula is C14H31N. The van der Waals surface area contributed by atoms with Gasteiger partial charge in [-0.2, -0.15) is 0 Å². The summed E-state index contributed by atoms with van der Waals surface area (Å²) in [5.74, 6) is 0. The van der Waals surface area contributed by atoms with Crippen LogP contribution in [0.5, 0.6) is 0 Å². The molecule has 1 unspecified atom stereocenters. The Balaban J connectivity index is 4.21. The van der Waals surface area contributed by atoms with Gasteiger partial charge in [0.1, 0.15) is 0 Å². The van der Waals surface area contributed by atoms with Gasteiger partial charge in [0.25, 0.3) is 0 Å². The number of hydrogen-bond acceptors (Lipinski definition) is 1. The maximum absolute atomic E-state index is 2.38. The van der Waals surface area contributed by atoms with Crippen molar-refractivity contribution in [2.24, 2.45) is 5.41 Å². The van der Waals surface area contributed by atoms with Gasteiger partial charge in [0.15, 0.2) is 0 Å². The van der Waals surface area contributed by atoms with E-state index in [-0.39, 0.29) is 0 Å². The third-order valence-electron chi connectivity index (χ3n) is 3.68. The first-order valence-electron chi connectivity index (χ1n) is 6.75. The normalized spacial score (nSPS) is 15.6. The second-order valence-corrected chi connectivity index (χ2v) is 5.26. The Morgan fingerprint density at radius 2 is 1.53 bits per heavy atom. The zero-order valence-corrected chi connectivity index (χ0v) is 11.6. The molecule has 0 saturated carbocycles. The van der Waals surface area contributed by atoms with Gasteiger partial charge >= 0.3 is 0 Å². The van der Waals surface area contributed by atoms with E-state index < -0.39 is 0 Å². The summed E-state index contributed by atoms with van der Waals surface area (Å²) < 4.78 is 0. The molecule has 1 nitrogen and oxygen atoms in total. The third kappa shape index (κ3) is 6.19. The fourth-order valence-electron chi connectivity index (χ4n) is 2.45. The first-order valence-corrected chi connectivity index (χ1v) is 6.75. The van der Waals surface area contributed by atoms with Crippen LogP contribution >= 0.6 is 0 Å². The molecule has 0 aromatic rings. The molecule has 0 fully saturated rings. The molecule has 0 amide bonds. The van der Waals surface area contributed by atoms with Crippen molar-refractivity contribution in [3.05, 3.63) is 0 Å². The van der Waals surface area contributed by atoms with E-state index in [0.717, 1.165) is 0 Å². The minimum Gasteiger partial charge on any atom is -0.309 e. The van der Waals surface area contributed by atoms with Gasteiger partial charge in [0, 0.05) is 0 Å². The van der Waals surface area contributed by atoms with Gasteiger partial charge in [0.2, 0.25) is 0 Å². The van der Waals surface area contributed by atoms with E-state index in [0.29, 0.717) is 5.41 Å². The molecule has 0 rings (SSSR count). The van der Waals surface area contributed by atoms with Gasteiger partial charge in [-0.05, 0) is 45.3 Å². The molecule has 0 bridgehead atoms. The van der Waals surface area contributed by atoms with Crippen LogP contribution in [-0.4, -0.2) is 25.5 Å². The van der Waals surface area contributed by atoms with Gasteiger partial charge in [-0.15, -0.1) is 0 Å². The highest BCUT2D eigenvalue weighted by atomic mass is 15.0. The number of hydrogen-bond donors (Lipinski definition) is 0. The standard InChI is InChI=1S/C14H31N/c1-6-9-11-14(8-3,10-7-2)12-13-15(4)5/h6-13H2,1-5H3. The Kier molecular flexibility index (Phi) is 8.13. The first-order chi connectivity index (χ1) is 7.10. The van der Waals surface area contributed by atoms with E-state index in [1.54, 1.807) is 0 Å². The Morgan fingerprint density at radius 3 is 1.93 bits per heavy atom. The number of unbranched alkanes of at least 4 members (excludes halogenated alkanes) is 1. The van der Waals surface area contributed by atoms with Crippen LogP contribution in [0.15, 0.2) is 0 Å². The maximum atomic E-state index is 2.38. The summed E-state index contributed by atoms with van der Waals surface area (Å²) in [4.78, 5) is 2.33. The predicted molar refractivity (Wildman–Crippen MR) is 70.3 cm³/mol. The molecule has 0 aliphatic heterocycles. The molecule has 0 aliphatic carbocycles. The highest BCUT2D eigenvalue weighted by Crippen LogP contribution is 2.37. The Hall–Kier alpha value is -0.0400. The maximum Gasteiger partial charge on any atom is -0.00195 e. The number of nitrogens with zero attached hydrogens (tertiary/aromatic N) is 1. The van der Waals surface area contributed by atoms with Gasteiger partial charge in [0.05, 0.1) is 0 Å². The van der Waals surface area contributed by atoms with E-state index in [4.69, 9.17) is 0 Å². The smallest absolute Gasteiger partial charge is 0.00195 e. The second-order valence-electron chi connectivity index (χ2n) is 5.26. The van der Waals surface area contributed by atoms with Crippen molar-refractivity contribution < 1.29 is 0 Å². The van der Waals surface area contributed by atoms with Crippen molar-refractivity contribution in [3.63, 3.8) is 0 Å². The molecule has 15 heavy (non-hydrogen) atoms. The van der Waals surface area contributed by atoms with Crippen molar-refractivity contribution in [1.82, 2.24) is 4.90 Å². The summed E-state index contributed by atoms with van der Waals surface area (Å²) in [6, 6.07) is 0. The van der Waals surface area contributed by atoms with Gasteiger partial charge in [-0.1, -0.05) is 46.5 Å². The molecule has 0 heterocycles. The summed E-state index contributed by atoms with van der Waals surface area (Å²) in [6.45, 7) is 8.25. The summed E-state index contributed by atoms with van der Waals surface area (Å²) in [6.07, 6.45) is 9.66. The van der Waals surface area contributed by atoms with E-state index in [2.05, 4.69) is 39.8 Å². The topological polar surface area (TPSA) is 3.24 Å². The van der Waals surface area contributed by atoms with Crippen LogP contribution in [0, 0.1) is 5.41 Å². The molecule has 0 saturated heterocycles. The average molecular weight is 213 g/mol. The molecule has 0 spiro atoms. The predicted octanol–water partition coefficient (Wildman–Crippen LogP) is 4.32. The first kappa shape index (κ1) is 15.0. The molecule has 0 N–H and O–H groups in total. The third-order valence-corrected chi connectivity index (χ3v) is 3.68. The fraction of sp³-hybridized carbons (Fsp3) is 1.00. The molecule has 0 aromatic heterocycles. The highest BCUT2D eigenvalue weighted by Gasteiger charge is 2.26. The van der Waals surface area contributed by atoms with E-state index in [1.807, 2.05) is 0 Å². The minimum atomic E-state index is 0.634. The molecule has 0 aliphatic rings. The zero-order chi connectivity index (χ0) is 11.7. The highest BCUT2D eigenvalue weighted by molar-refractivity contribution is 4.78. The van der Waals surface area contributed by atoms with Gasteiger partial charge in [-0.3, -0.25) is 0 Å². The lowest BCUT2D eigenvalue weighted by Crippen LogP contribution is -2.26. The van der Waals surface area contributed by atoms with Crippen LogP contribution in [0.1, 0.15) is 65.7 Å². The zero-order valence-electron chi connectivity index (χ0n) is 11.6. The van der Waals surface area contributed by atoms with Crippen molar-refractivity contribution in [2.45, 2.75) is 65.7 Å². The van der Waals surface area contributed by atoms with Crippen LogP contribution < -0.4 is 0 Å². The van der Waals surface area contributed by atoms with Gasteiger partial charge < -0.3 is 4.90 Å². The van der Waals surface area contributed by atoms with Crippen LogP contribution in [0.3, 0.4) is 0 Å². The largest absolute Gasteiger partial charge is 0.309 e. The lowest BCUT2D eigenvalue weighted by atomic mass is 9.74. The van der Waals surface area contributed by atoms with E-state index in [9.17, 15) is 0 Å². The van der Waals surface area contributed by atoms with E-state index in [1.165, 1.54) is 51.5 Å². The average Bonchev–Trinajstić information content (AvgIpc) is 2.22. The molecule has 0 aromatic carbocycles. The van der Waals surface area contributed by atoms with Crippen LogP contribution in [0.25, 0.3) is 0 Å². The SMILES string of the molecule is CCCCC(CC)(CCC)CCN(C)C. The summed E-state index contributed by atoms with van der Waals surface area (Å²) in [7, 11) is 4.37. The Morgan fingerprint density at radius 1 is 0.867 bits per heavy atom. The molecular weight excluding hydrogens is 182 g/mol. The molecule has 0 radical (unpaired) electrons. The quantitative estimate of drug-likeness (QED) is 0.551. The van der Waals surface area contributed by atoms with Crippen LogP contribution in [-0.2, 0) is 0 Å². The molecule has 1 atom stereocenters. The Labute approximate surface area is 97.2 Å². The van der Waals surface area contributed by atoms with Crippen molar-refractivity contribution >= 4 is 0 Å². The fourth-order valence-corrected chi connectivity index (χ4v) is 2.45. The molecule has 1 heteroatoms. The lowest BCUT2D eigenvalue weighted by Gasteiger charge is -2.34. The number of rotatable bonds is 9. The summed E-state index contributed by atoms with van der Waals surface area (Å²) in [5.41, 5.74) is 0.634.